The smallest absolute Gasteiger partial charge is 0.280 e. The van der Waals surface area contributed by atoms with Gasteiger partial charge >= 0.3 is 0 Å². The molecule has 11 heteroatoms. The SMILES string of the molecule is C=CCOC1C(O)C(CO)OC1n1cnc2c(=O)[nH]c(N=CN(C)C)nc21. The van der Waals surface area contributed by atoms with Crippen molar-refractivity contribution in [1.29, 1.82) is 0 Å². The summed E-state index contributed by atoms with van der Waals surface area (Å²) in [5.74, 6) is 0.101. The van der Waals surface area contributed by atoms with Crippen LogP contribution >= 0.6 is 0 Å². The second-order valence-corrected chi connectivity index (χ2v) is 6.25. The minimum absolute atomic E-state index is 0.101. The van der Waals surface area contributed by atoms with Gasteiger partial charge in [-0.25, -0.2) is 9.98 Å². The van der Waals surface area contributed by atoms with Gasteiger partial charge < -0.3 is 24.6 Å². The van der Waals surface area contributed by atoms with Gasteiger partial charge in [-0.15, -0.1) is 6.58 Å². The molecule has 0 saturated carbocycles. The number of nitrogens with one attached hydrogen (secondary N) is 1. The Bertz CT molecular complexity index is 891. The molecule has 0 radical (unpaired) electrons. The highest BCUT2D eigenvalue weighted by Crippen LogP contribution is 2.33. The zero-order valence-electron chi connectivity index (χ0n) is 15.0. The van der Waals surface area contributed by atoms with Crippen LogP contribution in [0.3, 0.4) is 0 Å². The highest BCUT2D eigenvalue weighted by Gasteiger charge is 2.45. The monoisotopic (exact) mass is 378 g/mol. The molecule has 11 nitrogen and oxygen atoms in total. The van der Waals surface area contributed by atoms with Gasteiger partial charge in [0, 0.05) is 14.1 Å². The zero-order valence-corrected chi connectivity index (χ0v) is 15.0. The number of aromatic nitrogens is 4. The van der Waals surface area contributed by atoms with E-state index in [1.165, 1.54) is 17.2 Å². The molecule has 0 bridgehead atoms. The third-order valence-electron chi connectivity index (χ3n) is 4.00. The standard InChI is InChI=1S/C16H22N6O5/c1-4-5-26-12-11(24)9(6-23)27-15(12)22-8-17-10-13(22)19-16(20-14(10)25)18-7-21(2)3/h4,7-9,11-12,15,23-24H,1,5-6H2,2-3H3,(H,19,20,25). The number of imidazole rings is 1. The number of aliphatic hydroxyl groups excluding tert-OH is 2. The van der Waals surface area contributed by atoms with Crippen molar-refractivity contribution in [3.63, 3.8) is 0 Å². The Morgan fingerprint density at radius 1 is 1.56 bits per heavy atom. The summed E-state index contributed by atoms with van der Waals surface area (Å²) in [7, 11) is 3.57. The molecule has 2 aromatic rings. The number of aliphatic imine (C=N–C) groups is 1. The minimum Gasteiger partial charge on any atom is -0.394 e. The van der Waals surface area contributed by atoms with E-state index < -0.39 is 30.1 Å². The highest BCUT2D eigenvalue weighted by atomic mass is 16.6. The topological polar surface area (TPSA) is 138 Å². The number of hydrogen-bond donors (Lipinski definition) is 3. The summed E-state index contributed by atoms with van der Waals surface area (Å²) in [5, 5.41) is 19.8. The third kappa shape index (κ3) is 3.76. The molecule has 1 aliphatic heterocycles. The fraction of sp³-hybridized carbons (Fsp3) is 0.500. The van der Waals surface area contributed by atoms with Gasteiger partial charge in [-0.3, -0.25) is 14.3 Å². The van der Waals surface area contributed by atoms with Crippen molar-refractivity contribution in [3.05, 3.63) is 29.3 Å². The zero-order chi connectivity index (χ0) is 19.6. The molecule has 1 fully saturated rings. The van der Waals surface area contributed by atoms with Crippen LogP contribution in [0.5, 0.6) is 0 Å². The molecule has 0 spiro atoms. The van der Waals surface area contributed by atoms with Crippen LogP contribution in [0.25, 0.3) is 11.2 Å². The predicted molar refractivity (Wildman–Crippen MR) is 96.9 cm³/mol. The minimum atomic E-state index is -1.06. The molecular weight excluding hydrogens is 356 g/mol. The highest BCUT2D eigenvalue weighted by molar-refractivity contribution is 5.71. The number of aliphatic hydroxyl groups is 2. The Kier molecular flexibility index (Phi) is 5.65. The molecule has 2 aromatic heterocycles. The van der Waals surface area contributed by atoms with E-state index in [1.54, 1.807) is 25.1 Å². The predicted octanol–water partition coefficient (Wildman–Crippen LogP) is -0.837. The van der Waals surface area contributed by atoms with Gasteiger partial charge in [0.15, 0.2) is 17.4 Å². The van der Waals surface area contributed by atoms with Gasteiger partial charge in [-0.2, -0.15) is 4.98 Å². The van der Waals surface area contributed by atoms with Crippen molar-refractivity contribution >= 4 is 23.5 Å². The summed E-state index contributed by atoms with van der Waals surface area (Å²) in [4.78, 5) is 29.0. The molecule has 0 aliphatic carbocycles. The molecule has 4 unspecified atom stereocenters. The van der Waals surface area contributed by atoms with Crippen LogP contribution in [0, 0.1) is 0 Å². The number of fused-ring (bicyclic) bond motifs is 1. The maximum atomic E-state index is 12.3. The lowest BCUT2D eigenvalue weighted by Gasteiger charge is -2.21. The Morgan fingerprint density at radius 2 is 2.33 bits per heavy atom. The number of H-pyrrole nitrogens is 1. The number of ether oxygens (including phenoxy) is 2. The Hall–Kier alpha value is -2.60. The number of aromatic amines is 1. The van der Waals surface area contributed by atoms with E-state index in [1.807, 2.05) is 0 Å². The number of rotatable bonds is 7. The molecule has 27 heavy (non-hydrogen) atoms. The van der Waals surface area contributed by atoms with E-state index in [9.17, 15) is 15.0 Å². The number of nitrogens with zero attached hydrogens (tertiary/aromatic N) is 5. The number of hydrogen-bond acceptors (Lipinski definition) is 8. The van der Waals surface area contributed by atoms with Crippen LogP contribution < -0.4 is 5.56 Å². The first kappa shape index (κ1) is 19.2. The van der Waals surface area contributed by atoms with E-state index >= 15 is 0 Å². The Balaban J connectivity index is 2.04. The van der Waals surface area contributed by atoms with Gasteiger partial charge in [0.25, 0.3) is 5.56 Å². The van der Waals surface area contributed by atoms with Crippen LogP contribution in [0.2, 0.25) is 0 Å². The van der Waals surface area contributed by atoms with E-state index in [0.717, 1.165) is 0 Å². The van der Waals surface area contributed by atoms with Gasteiger partial charge in [-0.1, -0.05) is 6.08 Å². The summed E-state index contributed by atoms with van der Waals surface area (Å²) < 4.78 is 12.8. The first-order valence-electron chi connectivity index (χ1n) is 8.30. The summed E-state index contributed by atoms with van der Waals surface area (Å²) in [6.45, 7) is 3.38. The van der Waals surface area contributed by atoms with Crippen LogP contribution in [-0.4, -0.2) is 86.6 Å². The Morgan fingerprint density at radius 3 is 3.00 bits per heavy atom. The lowest BCUT2D eigenvalue weighted by molar-refractivity contribution is -0.0645. The van der Waals surface area contributed by atoms with E-state index in [4.69, 9.17) is 9.47 Å². The quantitative estimate of drug-likeness (QED) is 0.322. The molecule has 1 saturated heterocycles. The fourth-order valence-electron chi connectivity index (χ4n) is 2.78. The normalized spacial score (nSPS) is 25.5. The molecule has 3 rings (SSSR count). The van der Waals surface area contributed by atoms with Gasteiger partial charge in [0.2, 0.25) is 5.95 Å². The van der Waals surface area contributed by atoms with Gasteiger partial charge in [-0.05, 0) is 0 Å². The molecule has 146 valence electrons. The van der Waals surface area contributed by atoms with Gasteiger partial charge in [0.05, 0.1) is 25.9 Å². The lowest BCUT2D eigenvalue weighted by atomic mass is 10.1. The third-order valence-corrected chi connectivity index (χ3v) is 4.00. The summed E-state index contributed by atoms with van der Waals surface area (Å²) >= 11 is 0. The average Bonchev–Trinajstić information content (AvgIpc) is 3.19. The van der Waals surface area contributed by atoms with Crippen LogP contribution in [0.1, 0.15) is 6.23 Å². The maximum absolute atomic E-state index is 12.3. The van der Waals surface area contributed by atoms with Crippen molar-refractivity contribution < 1.29 is 19.7 Å². The van der Waals surface area contributed by atoms with Gasteiger partial charge in [0.1, 0.15) is 18.3 Å². The summed E-state index contributed by atoms with van der Waals surface area (Å²) in [6, 6.07) is 0. The maximum Gasteiger partial charge on any atom is 0.280 e. The Labute approximate surface area is 154 Å². The van der Waals surface area contributed by atoms with Crippen molar-refractivity contribution in [2.45, 2.75) is 24.5 Å². The van der Waals surface area contributed by atoms with E-state index in [2.05, 4.69) is 26.5 Å². The molecule has 3 heterocycles. The summed E-state index contributed by atoms with van der Waals surface area (Å²) in [6.07, 6.45) is 0.890. The van der Waals surface area contributed by atoms with Crippen molar-refractivity contribution in [2.75, 3.05) is 27.3 Å². The molecular formula is C16H22N6O5. The fourth-order valence-corrected chi connectivity index (χ4v) is 2.78. The molecule has 3 N–H and O–H groups in total. The molecule has 1 aliphatic rings. The van der Waals surface area contributed by atoms with Crippen LogP contribution in [0.4, 0.5) is 5.95 Å². The first-order chi connectivity index (χ1) is 13.0. The van der Waals surface area contributed by atoms with Crippen molar-refractivity contribution in [3.8, 4) is 0 Å². The van der Waals surface area contributed by atoms with Crippen LogP contribution in [0.15, 0.2) is 28.8 Å². The molecule has 4 atom stereocenters. The average molecular weight is 378 g/mol. The summed E-state index contributed by atoms with van der Waals surface area (Å²) in [5.41, 5.74) is -0.120. The van der Waals surface area contributed by atoms with E-state index in [-0.39, 0.29) is 30.3 Å². The second kappa shape index (κ2) is 7.96. The molecule has 0 amide bonds. The van der Waals surface area contributed by atoms with Crippen molar-refractivity contribution in [2.24, 2.45) is 4.99 Å². The molecule has 0 aromatic carbocycles. The first-order valence-corrected chi connectivity index (χ1v) is 8.30. The van der Waals surface area contributed by atoms with E-state index in [0.29, 0.717) is 0 Å². The largest absolute Gasteiger partial charge is 0.394 e. The van der Waals surface area contributed by atoms with Crippen molar-refractivity contribution in [1.82, 2.24) is 24.4 Å². The van der Waals surface area contributed by atoms with Crippen LogP contribution in [-0.2, 0) is 9.47 Å². The second-order valence-electron chi connectivity index (χ2n) is 6.25. The lowest BCUT2D eigenvalue weighted by Crippen LogP contribution is -2.35.